The third-order valence-corrected chi connectivity index (χ3v) is 7.47. The number of carbonyl (C=O) groups is 1. The van der Waals surface area contributed by atoms with Gasteiger partial charge < -0.3 is 19.3 Å². The minimum absolute atomic E-state index is 0.0330. The number of halogens is 3. The van der Waals surface area contributed by atoms with E-state index in [1.54, 1.807) is 11.0 Å². The van der Waals surface area contributed by atoms with Crippen molar-refractivity contribution in [1.82, 2.24) is 4.90 Å². The van der Waals surface area contributed by atoms with Crippen molar-refractivity contribution in [3.8, 4) is 16.9 Å². The van der Waals surface area contributed by atoms with Crippen LogP contribution in [0.15, 0.2) is 30.3 Å². The summed E-state index contributed by atoms with van der Waals surface area (Å²) in [7, 11) is 1.37. The summed E-state index contributed by atoms with van der Waals surface area (Å²) in [4.78, 5) is 17.1. The smallest absolute Gasteiger partial charge is 0.417 e. The minimum atomic E-state index is -4.51. The van der Waals surface area contributed by atoms with Gasteiger partial charge in [0.05, 0.1) is 12.7 Å². The lowest BCUT2D eigenvalue weighted by Gasteiger charge is -2.39. The van der Waals surface area contributed by atoms with Crippen LogP contribution in [0.25, 0.3) is 11.1 Å². The van der Waals surface area contributed by atoms with Crippen LogP contribution in [0.5, 0.6) is 5.75 Å². The molecule has 1 fully saturated rings. The van der Waals surface area contributed by atoms with E-state index in [0.717, 1.165) is 49.4 Å². The monoisotopic (exact) mass is 502 g/mol. The number of anilines is 1. The van der Waals surface area contributed by atoms with Crippen LogP contribution in [0.1, 0.15) is 62.6 Å². The number of ether oxygens (including phenoxy) is 2. The summed E-state index contributed by atoms with van der Waals surface area (Å²) in [5.74, 6) is 0.211. The van der Waals surface area contributed by atoms with Crippen LogP contribution in [0.4, 0.5) is 23.7 Å². The standard InChI is InChI=1S/C28H33F3N2O3/c1-27(2,3)36-26(34)32-12-10-24-22(16-32)21-14-18(13-17-7-5-6-11-33(24)25(17)21)20-9-8-19(35-4)15-23(20)28(29,30)31/h8-9,13-15,22,24H,5-7,10-12,16H2,1-4H3/t22-,24-/m0/s1. The molecule has 5 nitrogen and oxygen atoms in total. The first kappa shape index (κ1) is 24.8. The number of aryl methyl sites for hydroxylation is 1. The third kappa shape index (κ3) is 4.50. The van der Waals surface area contributed by atoms with Gasteiger partial charge in [0.25, 0.3) is 0 Å². The van der Waals surface area contributed by atoms with Crippen LogP contribution in [-0.4, -0.2) is 49.4 Å². The van der Waals surface area contributed by atoms with E-state index >= 15 is 0 Å². The number of piperidine rings is 1. The highest BCUT2D eigenvalue weighted by Gasteiger charge is 2.45. The highest BCUT2D eigenvalue weighted by molar-refractivity contribution is 5.79. The van der Waals surface area contributed by atoms with E-state index in [4.69, 9.17) is 9.47 Å². The number of hydrogen-bond acceptors (Lipinski definition) is 4. The van der Waals surface area contributed by atoms with Gasteiger partial charge in [-0.3, -0.25) is 0 Å². The van der Waals surface area contributed by atoms with Crippen LogP contribution < -0.4 is 9.64 Å². The summed E-state index contributed by atoms with van der Waals surface area (Å²) in [6.45, 7) is 7.59. The van der Waals surface area contributed by atoms with E-state index in [0.29, 0.717) is 18.7 Å². The van der Waals surface area contributed by atoms with Gasteiger partial charge >= 0.3 is 12.3 Å². The zero-order valence-electron chi connectivity index (χ0n) is 21.2. The normalized spacial score (nSPS) is 21.5. The Bertz CT molecular complexity index is 1170. The summed E-state index contributed by atoms with van der Waals surface area (Å²) in [6.07, 6.45) is -1.16. The van der Waals surface area contributed by atoms with E-state index in [1.165, 1.54) is 18.9 Å². The minimum Gasteiger partial charge on any atom is -0.497 e. The van der Waals surface area contributed by atoms with Crippen LogP contribution in [0.2, 0.25) is 0 Å². The fourth-order valence-electron chi connectivity index (χ4n) is 5.99. The van der Waals surface area contributed by atoms with Crippen LogP contribution in [0.3, 0.4) is 0 Å². The molecule has 3 aliphatic heterocycles. The zero-order valence-corrected chi connectivity index (χ0v) is 21.2. The van der Waals surface area contributed by atoms with Crippen molar-refractivity contribution in [2.75, 3.05) is 31.6 Å². The number of methoxy groups -OCH3 is 1. The summed E-state index contributed by atoms with van der Waals surface area (Å²) >= 11 is 0. The number of fused-ring (bicyclic) bond motifs is 3. The lowest BCUT2D eigenvalue weighted by Crippen LogP contribution is -2.49. The predicted octanol–water partition coefficient (Wildman–Crippen LogP) is 6.63. The van der Waals surface area contributed by atoms with Gasteiger partial charge in [0.15, 0.2) is 0 Å². The number of hydrogen-bond donors (Lipinski definition) is 0. The zero-order chi connectivity index (χ0) is 25.8. The maximum absolute atomic E-state index is 14.1. The lowest BCUT2D eigenvalue weighted by atomic mass is 9.85. The third-order valence-electron chi connectivity index (χ3n) is 7.47. The number of nitrogens with zero attached hydrogens (tertiary/aromatic N) is 2. The fourth-order valence-corrected chi connectivity index (χ4v) is 5.99. The lowest BCUT2D eigenvalue weighted by molar-refractivity contribution is -0.137. The molecule has 0 N–H and O–H groups in total. The largest absolute Gasteiger partial charge is 0.497 e. The molecule has 0 spiro atoms. The summed E-state index contributed by atoms with van der Waals surface area (Å²) in [5.41, 5.74) is 2.75. The van der Waals surface area contributed by atoms with E-state index in [9.17, 15) is 18.0 Å². The van der Waals surface area contributed by atoms with E-state index in [1.807, 2.05) is 32.9 Å². The van der Waals surface area contributed by atoms with E-state index in [2.05, 4.69) is 4.90 Å². The molecule has 0 aliphatic carbocycles. The molecule has 2 aromatic carbocycles. The first-order valence-electron chi connectivity index (χ1n) is 12.6. The molecule has 3 heterocycles. The second-order valence-electron chi connectivity index (χ2n) is 11.0. The molecule has 36 heavy (non-hydrogen) atoms. The first-order valence-corrected chi connectivity index (χ1v) is 12.6. The van der Waals surface area contributed by atoms with Crippen molar-refractivity contribution in [3.63, 3.8) is 0 Å². The molecule has 0 bridgehead atoms. The molecular weight excluding hydrogens is 469 g/mol. The number of rotatable bonds is 2. The second-order valence-corrected chi connectivity index (χ2v) is 11.0. The van der Waals surface area contributed by atoms with E-state index in [-0.39, 0.29) is 29.4 Å². The Morgan fingerprint density at radius 1 is 1.06 bits per heavy atom. The molecule has 1 amide bonds. The number of likely N-dealkylation sites (tertiary alicyclic amines) is 1. The van der Waals surface area contributed by atoms with Gasteiger partial charge in [-0.25, -0.2) is 4.79 Å². The van der Waals surface area contributed by atoms with Crippen LogP contribution >= 0.6 is 0 Å². The highest BCUT2D eigenvalue weighted by atomic mass is 19.4. The molecule has 0 aromatic heterocycles. The molecular formula is C28H33F3N2O3. The Balaban J connectivity index is 1.59. The van der Waals surface area contributed by atoms with Crippen molar-refractivity contribution in [1.29, 1.82) is 0 Å². The highest BCUT2D eigenvalue weighted by Crippen LogP contribution is 2.50. The van der Waals surface area contributed by atoms with Crippen LogP contribution in [-0.2, 0) is 17.3 Å². The fraction of sp³-hybridized carbons (Fsp3) is 0.536. The Morgan fingerprint density at radius 3 is 2.53 bits per heavy atom. The van der Waals surface area contributed by atoms with Crippen molar-refractivity contribution in [2.45, 2.75) is 70.2 Å². The first-order chi connectivity index (χ1) is 17.0. The average molecular weight is 503 g/mol. The number of benzene rings is 2. The van der Waals surface area contributed by atoms with Gasteiger partial charge in [-0.2, -0.15) is 13.2 Å². The van der Waals surface area contributed by atoms with Gasteiger partial charge in [0.1, 0.15) is 11.4 Å². The number of alkyl halides is 3. The van der Waals surface area contributed by atoms with Gasteiger partial charge in [-0.05, 0) is 93.0 Å². The second kappa shape index (κ2) is 8.89. The van der Waals surface area contributed by atoms with Gasteiger partial charge in [-0.1, -0.05) is 6.07 Å². The molecule has 0 radical (unpaired) electrons. The topological polar surface area (TPSA) is 42.0 Å². The Morgan fingerprint density at radius 2 is 1.83 bits per heavy atom. The molecule has 194 valence electrons. The van der Waals surface area contributed by atoms with Crippen molar-refractivity contribution < 1.29 is 27.4 Å². The summed E-state index contributed by atoms with van der Waals surface area (Å²) in [5, 5.41) is 0. The molecule has 0 unspecified atom stereocenters. The maximum Gasteiger partial charge on any atom is 0.417 e. The summed E-state index contributed by atoms with van der Waals surface area (Å²) in [6, 6.07) is 8.26. The Hall–Kier alpha value is -2.90. The number of amides is 1. The van der Waals surface area contributed by atoms with Gasteiger partial charge in [0.2, 0.25) is 0 Å². The van der Waals surface area contributed by atoms with Gasteiger partial charge in [0, 0.05) is 37.3 Å². The summed E-state index contributed by atoms with van der Waals surface area (Å²) < 4.78 is 52.9. The molecule has 8 heteroatoms. The Labute approximate surface area is 210 Å². The molecule has 1 saturated heterocycles. The van der Waals surface area contributed by atoms with Crippen molar-refractivity contribution >= 4 is 11.8 Å². The Kier molecular flexibility index (Phi) is 6.12. The van der Waals surface area contributed by atoms with Crippen molar-refractivity contribution in [2.24, 2.45) is 0 Å². The predicted molar refractivity (Wildman–Crippen MR) is 133 cm³/mol. The van der Waals surface area contributed by atoms with Crippen molar-refractivity contribution in [3.05, 3.63) is 47.0 Å². The molecule has 0 saturated carbocycles. The SMILES string of the molecule is COc1ccc(-c2cc3c4c(c2)[C@@H]2CN(C(=O)OC(C)(C)C)CC[C@@H]2N4CCCC3)c(C(F)(F)F)c1. The quantitative estimate of drug-likeness (QED) is 0.462. The molecule has 2 atom stereocenters. The molecule has 2 aromatic rings. The molecule has 5 rings (SSSR count). The maximum atomic E-state index is 14.1. The van der Waals surface area contributed by atoms with Gasteiger partial charge in [-0.15, -0.1) is 0 Å². The number of carbonyl (C=O) groups excluding carboxylic acids is 1. The van der Waals surface area contributed by atoms with Crippen LogP contribution in [0, 0.1) is 0 Å². The average Bonchev–Trinajstić information content (AvgIpc) is 2.96. The van der Waals surface area contributed by atoms with E-state index < -0.39 is 17.3 Å². The molecule has 3 aliphatic rings.